The second-order valence-corrected chi connectivity index (χ2v) is 7.55. The molecule has 3 aromatic rings. The number of hydrogen-bond acceptors (Lipinski definition) is 5. The molecule has 0 saturated carbocycles. The Balaban J connectivity index is 0.000000406. The summed E-state index contributed by atoms with van der Waals surface area (Å²) in [4.78, 5) is 36.7. The van der Waals surface area contributed by atoms with Crippen molar-refractivity contribution < 1.29 is 27.9 Å². The lowest BCUT2D eigenvalue weighted by molar-refractivity contribution is -0.192. The largest absolute Gasteiger partial charge is 0.490 e. The number of aliphatic carboxylic acids is 1. The first-order valence-electron chi connectivity index (χ1n) is 10.6. The van der Waals surface area contributed by atoms with Gasteiger partial charge in [-0.15, -0.1) is 0 Å². The highest BCUT2D eigenvalue weighted by Crippen LogP contribution is 2.25. The number of pyridine rings is 1. The first-order chi connectivity index (χ1) is 16.3. The van der Waals surface area contributed by atoms with Crippen molar-refractivity contribution in [2.75, 3.05) is 13.1 Å². The molecule has 0 spiro atoms. The Bertz CT molecular complexity index is 1110. The SMILES string of the molecule is O=C(CCc1ccccc1)N1CCc2ncnc(-c3ccncc3)c2CC1.O=C(O)C(F)(F)F. The highest BCUT2D eigenvalue weighted by Gasteiger charge is 2.38. The normalized spacial score (nSPS) is 13.2. The molecule has 1 aliphatic rings. The number of aryl methyl sites for hydroxylation is 1. The lowest BCUT2D eigenvalue weighted by Crippen LogP contribution is -2.33. The highest BCUT2D eigenvalue weighted by molar-refractivity contribution is 5.77. The van der Waals surface area contributed by atoms with Crippen molar-refractivity contribution in [3.05, 3.63) is 78.0 Å². The maximum Gasteiger partial charge on any atom is 0.490 e. The van der Waals surface area contributed by atoms with Gasteiger partial charge in [0.1, 0.15) is 6.33 Å². The van der Waals surface area contributed by atoms with Gasteiger partial charge in [-0.1, -0.05) is 30.3 Å². The van der Waals surface area contributed by atoms with Gasteiger partial charge in [-0.3, -0.25) is 9.78 Å². The Hall–Kier alpha value is -3.82. The molecule has 1 aliphatic heterocycles. The molecule has 4 rings (SSSR count). The number of alkyl halides is 3. The van der Waals surface area contributed by atoms with Crippen LogP contribution in [0.15, 0.2) is 61.2 Å². The maximum atomic E-state index is 12.7. The molecular formula is C24H23F3N4O3. The Morgan fingerprint density at radius 1 is 0.971 bits per heavy atom. The van der Waals surface area contributed by atoms with E-state index in [1.54, 1.807) is 18.7 Å². The monoisotopic (exact) mass is 472 g/mol. The Labute approximate surface area is 194 Å². The van der Waals surface area contributed by atoms with Gasteiger partial charge in [0, 0.05) is 55.1 Å². The zero-order valence-electron chi connectivity index (χ0n) is 18.2. The van der Waals surface area contributed by atoms with E-state index < -0.39 is 12.1 Å². The summed E-state index contributed by atoms with van der Waals surface area (Å²) in [6.45, 7) is 1.43. The Kier molecular flexibility index (Phi) is 8.29. The molecule has 7 nitrogen and oxygen atoms in total. The van der Waals surface area contributed by atoms with Gasteiger partial charge in [0.05, 0.1) is 5.69 Å². The summed E-state index contributed by atoms with van der Waals surface area (Å²) in [5, 5.41) is 7.12. The Morgan fingerprint density at radius 2 is 1.62 bits per heavy atom. The number of rotatable bonds is 4. The molecule has 2 aromatic heterocycles. The van der Waals surface area contributed by atoms with Crippen molar-refractivity contribution in [3.8, 4) is 11.3 Å². The summed E-state index contributed by atoms with van der Waals surface area (Å²) in [5.74, 6) is -2.54. The summed E-state index contributed by atoms with van der Waals surface area (Å²) >= 11 is 0. The van der Waals surface area contributed by atoms with E-state index >= 15 is 0 Å². The maximum absolute atomic E-state index is 12.7. The number of benzene rings is 1. The van der Waals surface area contributed by atoms with Crippen LogP contribution >= 0.6 is 0 Å². The zero-order chi connectivity index (χ0) is 24.6. The third kappa shape index (κ3) is 6.84. The average molecular weight is 472 g/mol. The molecule has 0 fully saturated rings. The van der Waals surface area contributed by atoms with E-state index in [4.69, 9.17) is 9.90 Å². The fraction of sp³-hybridized carbons (Fsp3) is 0.292. The predicted molar refractivity (Wildman–Crippen MR) is 118 cm³/mol. The lowest BCUT2D eigenvalue weighted by atomic mass is 10.0. The van der Waals surface area contributed by atoms with E-state index in [1.807, 2.05) is 35.2 Å². The summed E-state index contributed by atoms with van der Waals surface area (Å²) in [5.41, 5.74) is 5.42. The minimum atomic E-state index is -5.08. The summed E-state index contributed by atoms with van der Waals surface area (Å²) < 4.78 is 31.7. The number of fused-ring (bicyclic) bond motifs is 1. The van der Waals surface area contributed by atoms with E-state index in [0.717, 1.165) is 41.8 Å². The smallest absolute Gasteiger partial charge is 0.475 e. The Morgan fingerprint density at radius 3 is 2.26 bits per heavy atom. The van der Waals surface area contributed by atoms with E-state index in [0.29, 0.717) is 19.5 Å². The number of halogens is 3. The number of carbonyl (C=O) groups excluding carboxylic acids is 1. The fourth-order valence-corrected chi connectivity index (χ4v) is 3.59. The number of carbonyl (C=O) groups is 2. The van der Waals surface area contributed by atoms with Gasteiger partial charge in [-0.05, 0) is 30.5 Å². The van der Waals surface area contributed by atoms with Crippen LogP contribution < -0.4 is 0 Å². The van der Waals surface area contributed by atoms with Crippen molar-refractivity contribution in [2.24, 2.45) is 0 Å². The van der Waals surface area contributed by atoms with Crippen molar-refractivity contribution in [3.63, 3.8) is 0 Å². The minimum absolute atomic E-state index is 0.213. The third-order valence-electron chi connectivity index (χ3n) is 5.30. The number of carboxylic acid groups (broad SMARTS) is 1. The van der Waals surface area contributed by atoms with E-state index in [1.165, 1.54) is 5.56 Å². The molecule has 0 atom stereocenters. The van der Waals surface area contributed by atoms with Crippen LogP contribution in [0.25, 0.3) is 11.3 Å². The first kappa shape index (κ1) is 24.8. The van der Waals surface area contributed by atoms with Gasteiger partial charge < -0.3 is 10.0 Å². The van der Waals surface area contributed by atoms with Gasteiger partial charge in [-0.2, -0.15) is 13.2 Å². The van der Waals surface area contributed by atoms with Crippen LogP contribution in [0.3, 0.4) is 0 Å². The van der Waals surface area contributed by atoms with Crippen molar-refractivity contribution in [1.29, 1.82) is 0 Å². The molecule has 1 N–H and O–H groups in total. The molecule has 0 radical (unpaired) electrons. The number of hydrogen-bond donors (Lipinski definition) is 1. The molecule has 10 heteroatoms. The first-order valence-corrected chi connectivity index (χ1v) is 10.6. The molecule has 1 aromatic carbocycles. The number of nitrogens with zero attached hydrogens (tertiary/aromatic N) is 4. The topological polar surface area (TPSA) is 96.3 Å². The molecular weight excluding hydrogens is 449 g/mol. The van der Waals surface area contributed by atoms with Crippen LogP contribution in [0, 0.1) is 0 Å². The number of aromatic nitrogens is 3. The standard InChI is InChI=1S/C22H22N4O.C2HF3O2/c27-21(7-6-17-4-2-1-3-5-17)26-14-10-19-20(11-15-26)24-16-25-22(19)18-8-12-23-13-9-18;3-2(4,5)1(6)7/h1-5,8-9,12-13,16H,6-7,10-11,14-15H2;(H,6,7). The van der Waals surface area contributed by atoms with Crippen molar-refractivity contribution in [1.82, 2.24) is 19.9 Å². The van der Waals surface area contributed by atoms with Crippen LogP contribution in [0.1, 0.15) is 23.2 Å². The van der Waals surface area contributed by atoms with Crippen LogP contribution in [-0.2, 0) is 28.9 Å². The van der Waals surface area contributed by atoms with E-state index in [2.05, 4.69) is 27.1 Å². The molecule has 0 saturated heterocycles. The van der Waals surface area contributed by atoms with Gasteiger partial charge >= 0.3 is 12.1 Å². The molecule has 1 amide bonds. The quantitative estimate of drug-likeness (QED) is 0.622. The van der Waals surface area contributed by atoms with Crippen LogP contribution in [0.2, 0.25) is 0 Å². The van der Waals surface area contributed by atoms with Crippen molar-refractivity contribution in [2.45, 2.75) is 31.9 Å². The molecule has 178 valence electrons. The highest BCUT2D eigenvalue weighted by atomic mass is 19.4. The third-order valence-corrected chi connectivity index (χ3v) is 5.30. The average Bonchev–Trinajstić information content (AvgIpc) is 3.06. The van der Waals surface area contributed by atoms with E-state index in [9.17, 15) is 18.0 Å². The molecule has 0 aliphatic carbocycles. The molecule has 34 heavy (non-hydrogen) atoms. The van der Waals surface area contributed by atoms with Gasteiger partial charge in [0.15, 0.2) is 0 Å². The molecule has 0 unspecified atom stereocenters. The fourth-order valence-electron chi connectivity index (χ4n) is 3.59. The summed E-state index contributed by atoms with van der Waals surface area (Å²) in [7, 11) is 0. The number of carboxylic acids is 1. The van der Waals surface area contributed by atoms with Gasteiger partial charge in [-0.25, -0.2) is 14.8 Å². The molecule has 0 bridgehead atoms. The van der Waals surface area contributed by atoms with Crippen molar-refractivity contribution >= 4 is 11.9 Å². The summed E-state index contributed by atoms with van der Waals surface area (Å²) in [6, 6.07) is 14.1. The van der Waals surface area contributed by atoms with Crippen LogP contribution in [-0.4, -0.2) is 56.1 Å². The van der Waals surface area contributed by atoms with Crippen LogP contribution in [0.5, 0.6) is 0 Å². The second kappa shape index (κ2) is 11.4. The van der Waals surface area contributed by atoms with Gasteiger partial charge in [0.2, 0.25) is 5.91 Å². The lowest BCUT2D eigenvalue weighted by Gasteiger charge is -2.20. The minimum Gasteiger partial charge on any atom is -0.475 e. The number of amides is 1. The van der Waals surface area contributed by atoms with E-state index in [-0.39, 0.29) is 5.91 Å². The summed E-state index contributed by atoms with van der Waals surface area (Å²) in [6.07, 6.45) is 2.98. The zero-order valence-corrected chi connectivity index (χ0v) is 18.2. The van der Waals surface area contributed by atoms with Gasteiger partial charge in [0.25, 0.3) is 0 Å². The van der Waals surface area contributed by atoms with Crippen LogP contribution in [0.4, 0.5) is 13.2 Å². The predicted octanol–water partition coefficient (Wildman–Crippen LogP) is 3.73. The second-order valence-electron chi connectivity index (χ2n) is 7.55. The molecule has 3 heterocycles.